The first kappa shape index (κ1) is 20.7. The van der Waals surface area contributed by atoms with Crippen molar-refractivity contribution >= 4 is 23.2 Å². The number of rotatable bonds is 7. The summed E-state index contributed by atoms with van der Waals surface area (Å²) in [5.74, 6) is -0.424. The van der Waals surface area contributed by atoms with Gasteiger partial charge in [-0.2, -0.15) is 0 Å². The number of para-hydroxylation sites is 2. The molecule has 3 aromatic carbocycles. The van der Waals surface area contributed by atoms with E-state index in [1.165, 1.54) is 5.56 Å². The van der Waals surface area contributed by atoms with Gasteiger partial charge in [-0.15, -0.1) is 0 Å². The second-order valence-electron chi connectivity index (χ2n) is 8.01. The first-order chi connectivity index (χ1) is 15.1. The zero-order chi connectivity index (χ0) is 21.6. The van der Waals surface area contributed by atoms with Crippen LogP contribution in [0, 0.1) is 5.92 Å². The van der Waals surface area contributed by atoms with Gasteiger partial charge in [-0.3, -0.25) is 9.59 Å². The molecule has 3 aromatic rings. The summed E-state index contributed by atoms with van der Waals surface area (Å²) in [5.41, 5.74) is 3.99. The number of benzene rings is 3. The number of hydrogen-bond donors (Lipinski definition) is 1. The van der Waals surface area contributed by atoms with Gasteiger partial charge in [0.25, 0.3) is 0 Å². The third kappa shape index (κ3) is 5.12. The molecule has 158 valence electrons. The van der Waals surface area contributed by atoms with E-state index in [1.807, 2.05) is 79.8 Å². The Morgan fingerprint density at radius 2 is 1.55 bits per heavy atom. The first-order valence-electron chi connectivity index (χ1n) is 10.6. The summed E-state index contributed by atoms with van der Waals surface area (Å²) in [6, 6.07) is 27.9. The van der Waals surface area contributed by atoms with Gasteiger partial charge in [0.15, 0.2) is 0 Å². The van der Waals surface area contributed by atoms with Gasteiger partial charge in [-0.1, -0.05) is 72.8 Å². The molecule has 0 bridgehead atoms. The van der Waals surface area contributed by atoms with E-state index < -0.39 is 0 Å². The van der Waals surface area contributed by atoms with Crippen molar-refractivity contribution in [2.45, 2.75) is 19.5 Å². The lowest BCUT2D eigenvalue weighted by Crippen LogP contribution is -2.28. The number of nitrogens with zero attached hydrogens (tertiary/aromatic N) is 2. The average molecular weight is 414 g/mol. The van der Waals surface area contributed by atoms with Gasteiger partial charge in [-0.25, -0.2) is 0 Å². The summed E-state index contributed by atoms with van der Waals surface area (Å²) in [5, 5.41) is 3.06. The molecule has 1 atom stereocenters. The van der Waals surface area contributed by atoms with Crippen LogP contribution >= 0.6 is 0 Å². The Balaban J connectivity index is 1.41. The van der Waals surface area contributed by atoms with E-state index in [2.05, 4.69) is 22.3 Å². The molecule has 1 heterocycles. The van der Waals surface area contributed by atoms with E-state index in [9.17, 15) is 9.59 Å². The van der Waals surface area contributed by atoms with Crippen molar-refractivity contribution in [2.24, 2.45) is 5.92 Å². The quantitative estimate of drug-likeness (QED) is 0.628. The van der Waals surface area contributed by atoms with Crippen LogP contribution < -0.4 is 10.2 Å². The molecule has 1 saturated heterocycles. The molecule has 0 aliphatic carbocycles. The molecule has 5 nitrogen and oxygen atoms in total. The van der Waals surface area contributed by atoms with Crippen LogP contribution in [0.5, 0.6) is 0 Å². The highest BCUT2D eigenvalue weighted by molar-refractivity contribution is 5.99. The third-order valence-electron chi connectivity index (χ3n) is 5.64. The highest BCUT2D eigenvalue weighted by Crippen LogP contribution is 2.28. The summed E-state index contributed by atoms with van der Waals surface area (Å²) in [6.45, 7) is 1.72. The Morgan fingerprint density at radius 1 is 0.935 bits per heavy atom. The maximum absolute atomic E-state index is 13.0. The summed E-state index contributed by atoms with van der Waals surface area (Å²) < 4.78 is 0. The molecule has 2 amide bonds. The maximum Gasteiger partial charge on any atom is 0.229 e. The largest absolute Gasteiger partial charge is 0.369 e. The van der Waals surface area contributed by atoms with Gasteiger partial charge in [-0.05, 0) is 23.3 Å². The van der Waals surface area contributed by atoms with E-state index in [-0.39, 0.29) is 24.2 Å². The lowest BCUT2D eigenvalue weighted by Gasteiger charge is -2.23. The molecule has 1 N–H and O–H groups in total. The van der Waals surface area contributed by atoms with Crippen molar-refractivity contribution in [1.82, 2.24) is 4.90 Å². The van der Waals surface area contributed by atoms with E-state index in [0.29, 0.717) is 13.1 Å². The Labute approximate surface area is 183 Å². The lowest BCUT2D eigenvalue weighted by atomic mass is 10.1. The highest BCUT2D eigenvalue weighted by Gasteiger charge is 2.34. The van der Waals surface area contributed by atoms with Gasteiger partial charge in [0.2, 0.25) is 11.8 Å². The molecule has 4 rings (SSSR count). The Morgan fingerprint density at radius 3 is 2.26 bits per heavy atom. The van der Waals surface area contributed by atoms with Gasteiger partial charge in [0.05, 0.1) is 17.3 Å². The van der Waals surface area contributed by atoms with Gasteiger partial charge in [0.1, 0.15) is 0 Å². The van der Waals surface area contributed by atoms with E-state index in [1.54, 1.807) is 4.90 Å². The van der Waals surface area contributed by atoms with Gasteiger partial charge in [0, 0.05) is 33.1 Å². The molecule has 1 aliphatic heterocycles. The Hall–Kier alpha value is -3.60. The van der Waals surface area contributed by atoms with Crippen LogP contribution in [0.1, 0.15) is 17.5 Å². The number of amides is 2. The predicted molar refractivity (Wildman–Crippen MR) is 124 cm³/mol. The standard InChI is InChI=1S/C26H27N3O2/c1-28(17-20-10-4-2-5-11-20)24-15-9-8-14-23(24)27-26(31)22-16-25(30)29(19-22)18-21-12-6-3-7-13-21/h2-15,22H,16-19H2,1H3,(H,27,31). The zero-order valence-electron chi connectivity index (χ0n) is 17.7. The zero-order valence-corrected chi connectivity index (χ0v) is 17.7. The highest BCUT2D eigenvalue weighted by atomic mass is 16.2. The minimum absolute atomic E-state index is 0.0264. The predicted octanol–water partition coefficient (Wildman–Crippen LogP) is 4.31. The number of nitrogens with one attached hydrogen (secondary N) is 1. The van der Waals surface area contributed by atoms with Gasteiger partial charge < -0.3 is 15.1 Å². The molecular weight excluding hydrogens is 386 g/mol. The monoisotopic (exact) mass is 413 g/mol. The summed E-state index contributed by atoms with van der Waals surface area (Å²) in [7, 11) is 2.01. The molecule has 0 aromatic heterocycles. The molecule has 0 saturated carbocycles. The minimum Gasteiger partial charge on any atom is -0.369 e. The molecule has 1 aliphatic rings. The van der Waals surface area contributed by atoms with Crippen LogP contribution in [0.25, 0.3) is 0 Å². The van der Waals surface area contributed by atoms with Crippen molar-refractivity contribution < 1.29 is 9.59 Å². The number of carbonyl (C=O) groups excluding carboxylic acids is 2. The number of likely N-dealkylation sites (tertiary alicyclic amines) is 1. The number of anilines is 2. The number of carbonyl (C=O) groups is 2. The SMILES string of the molecule is CN(Cc1ccccc1)c1ccccc1NC(=O)C1CC(=O)N(Cc2ccccc2)C1. The Kier molecular flexibility index (Phi) is 6.32. The topological polar surface area (TPSA) is 52.7 Å². The first-order valence-corrected chi connectivity index (χ1v) is 10.6. The summed E-state index contributed by atoms with van der Waals surface area (Å²) >= 11 is 0. The molecule has 1 unspecified atom stereocenters. The van der Waals surface area contributed by atoms with Crippen molar-refractivity contribution in [3.05, 3.63) is 96.1 Å². The Bertz CT molecular complexity index is 1040. The molecule has 1 fully saturated rings. The van der Waals surface area contributed by atoms with Crippen LogP contribution in [0.2, 0.25) is 0 Å². The molecule has 0 radical (unpaired) electrons. The minimum atomic E-state index is -0.344. The average Bonchev–Trinajstić information content (AvgIpc) is 3.16. The van der Waals surface area contributed by atoms with E-state index in [0.717, 1.165) is 23.5 Å². The van der Waals surface area contributed by atoms with Crippen molar-refractivity contribution in [3.8, 4) is 0 Å². The molecule has 0 spiro atoms. The van der Waals surface area contributed by atoms with Gasteiger partial charge >= 0.3 is 0 Å². The van der Waals surface area contributed by atoms with Crippen LogP contribution in [0.3, 0.4) is 0 Å². The maximum atomic E-state index is 13.0. The van der Waals surface area contributed by atoms with E-state index in [4.69, 9.17) is 0 Å². The van der Waals surface area contributed by atoms with Crippen LogP contribution in [-0.2, 0) is 22.7 Å². The normalized spacial score (nSPS) is 15.7. The van der Waals surface area contributed by atoms with Crippen LogP contribution in [0.4, 0.5) is 11.4 Å². The molecule has 31 heavy (non-hydrogen) atoms. The van der Waals surface area contributed by atoms with Crippen molar-refractivity contribution in [3.63, 3.8) is 0 Å². The lowest BCUT2D eigenvalue weighted by molar-refractivity contribution is -0.128. The third-order valence-corrected chi connectivity index (χ3v) is 5.64. The van der Waals surface area contributed by atoms with Crippen LogP contribution in [0.15, 0.2) is 84.9 Å². The number of hydrogen-bond acceptors (Lipinski definition) is 3. The van der Waals surface area contributed by atoms with Crippen LogP contribution in [-0.4, -0.2) is 30.3 Å². The summed E-state index contributed by atoms with van der Waals surface area (Å²) in [6.07, 6.45) is 0.251. The fraction of sp³-hybridized carbons (Fsp3) is 0.231. The second kappa shape index (κ2) is 9.47. The van der Waals surface area contributed by atoms with Crippen molar-refractivity contribution in [2.75, 3.05) is 23.8 Å². The van der Waals surface area contributed by atoms with E-state index >= 15 is 0 Å². The molecule has 5 heteroatoms. The fourth-order valence-corrected chi connectivity index (χ4v) is 3.99. The molecular formula is C26H27N3O2. The van der Waals surface area contributed by atoms with Crippen molar-refractivity contribution in [1.29, 1.82) is 0 Å². The smallest absolute Gasteiger partial charge is 0.229 e. The second-order valence-corrected chi connectivity index (χ2v) is 8.01. The fourth-order valence-electron chi connectivity index (χ4n) is 3.99. The summed E-state index contributed by atoms with van der Waals surface area (Å²) in [4.78, 5) is 29.3.